The normalized spacial score (nSPS) is 16.9. The minimum absolute atomic E-state index is 0.109. The molecule has 2 fully saturated rings. The van der Waals surface area contributed by atoms with E-state index < -0.39 is 10.0 Å². The van der Waals surface area contributed by atoms with Crippen molar-refractivity contribution in [2.24, 2.45) is 0 Å². The van der Waals surface area contributed by atoms with Gasteiger partial charge in [0.25, 0.3) is 5.91 Å². The smallest absolute Gasteiger partial charge is 0.253 e. The fourth-order valence-electron chi connectivity index (χ4n) is 5.11. The Morgan fingerprint density at radius 1 is 0.744 bits per heavy atom. The van der Waals surface area contributed by atoms with E-state index in [1.807, 2.05) is 30.3 Å². The number of carbonyl (C=O) groups excluding carboxylic acids is 1. The van der Waals surface area contributed by atoms with Gasteiger partial charge in [0, 0.05) is 50.4 Å². The quantitative estimate of drug-likeness (QED) is 0.381. The third-order valence-electron chi connectivity index (χ3n) is 7.32. The third kappa shape index (κ3) is 5.10. The second-order valence-corrected chi connectivity index (χ2v) is 11.6. The summed E-state index contributed by atoms with van der Waals surface area (Å²) in [4.78, 5) is 17.2. The average molecular weight is 544 g/mol. The van der Waals surface area contributed by atoms with Crippen LogP contribution in [0.3, 0.4) is 0 Å². The molecule has 0 N–H and O–H groups in total. The number of hydrogen-bond donors (Lipinski definition) is 0. The number of benzene rings is 3. The Labute approximate surface area is 227 Å². The molecule has 3 aromatic carbocycles. The molecule has 1 amide bonds. The Kier molecular flexibility index (Phi) is 6.99. The molecular formula is C29H29N5O4S. The second kappa shape index (κ2) is 10.7. The molecule has 0 aliphatic carbocycles. The number of ether oxygens (including phenoxy) is 1. The lowest BCUT2D eigenvalue weighted by atomic mass is 10.0. The maximum atomic E-state index is 13.1. The largest absolute Gasteiger partial charge is 0.379 e. The summed E-state index contributed by atoms with van der Waals surface area (Å²) in [6, 6.07) is 24.6. The molecule has 3 heterocycles. The maximum Gasteiger partial charge on any atom is 0.253 e. The lowest BCUT2D eigenvalue weighted by Crippen LogP contribution is -2.49. The highest BCUT2D eigenvalue weighted by Gasteiger charge is 2.27. The van der Waals surface area contributed by atoms with E-state index in [1.165, 1.54) is 16.4 Å². The second-order valence-electron chi connectivity index (χ2n) is 9.62. The molecule has 0 unspecified atom stereocenters. The monoisotopic (exact) mass is 543 g/mol. The minimum Gasteiger partial charge on any atom is -0.379 e. The summed E-state index contributed by atoms with van der Waals surface area (Å²) in [5, 5.41) is 11.3. The zero-order valence-corrected chi connectivity index (χ0v) is 22.3. The number of anilines is 1. The van der Waals surface area contributed by atoms with Crippen molar-refractivity contribution >= 4 is 32.5 Å². The predicted molar refractivity (Wildman–Crippen MR) is 149 cm³/mol. The Morgan fingerprint density at radius 2 is 1.46 bits per heavy atom. The van der Waals surface area contributed by atoms with Crippen LogP contribution in [0, 0.1) is 0 Å². The Morgan fingerprint density at radius 3 is 2.18 bits per heavy atom. The number of piperazine rings is 1. The summed E-state index contributed by atoms with van der Waals surface area (Å²) in [5.74, 6) is 0.672. The maximum absolute atomic E-state index is 13.1. The molecule has 2 saturated heterocycles. The van der Waals surface area contributed by atoms with Crippen molar-refractivity contribution in [3.05, 3.63) is 84.4 Å². The van der Waals surface area contributed by atoms with Gasteiger partial charge in [0.05, 0.1) is 23.8 Å². The van der Waals surface area contributed by atoms with Gasteiger partial charge in [-0.3, -0.25) is 4.79 Å². The van der Waals surface area contributed by atoms with Gasteiger partial charge in [-0.05, 0) is 47.2 Å². The molecule has 39 heavy (non-hydrogen) atoms. The minimum atomic E-state index is -3.59. The zero-order chi connectivity index (χ0) is 26.8. The molecule has 1 aromatic heterocycles. The Hall–Kier alpha value is -3.86. The summed E-state index contributed by atoms with van der Waals surface area (Å²) < 4.78 is 32.4. The van der Waals surface area contributed by atoms with Crippen LogP contribution in [0.4, 0.5) is 5.82 Å². The summed E-state index contributed by atoms with van der Waals surface area (Å²) in [7, 11) is -3.59. The summed E-state index contributed by atoms with van der Waals surface area (Å²) in [6.45, 7) is 3.81. The lowest BCUT2D eigenvalue weighted by Gasteiger charge is -2.35. The van der Waals surface area contributed by atoms with Crippen LogP contribution in [0.15, 0.2) is 83.8 Å². The van der Waals surface area contributed by atoms with Crippen LogP contribution in [0.5, 0.6) is 0 Å². The van der Waals surface area contributed by atoms with Gasteiger partial charge >= 0.3 is 0 Å². The van der Waals surface area contributed by atoms with E-state index in [4.69, 9.17) is 4.74 Å². The van der Waals surface area contributed by atoms with E-state index >= 15 is 0 Å². The van der Waals surface area contributed by atoms with Crippen molar-refractivity contribution in [2.45, 2.75) is 4.90 Å². The van der Waals surface area contributed by atoms with E-state index in [1.54, 1.807) is 17.0 Å². The number of morpholine rings is 1. The van der Waals surface area contributed by atoms with Crippen LogP contribution in [-0.2, 0) is 14.8 Å². The van der Waals surface area contributed by atoms with E-state index in [-0.39, 0.29) is 10.8 Å². The van der Waals surface area contributed by atoms with Gasteiger partial charge in [-0.2, -0.15) is 4.31 Å². The molecule has 6 rings (SSSR count). The van der Waals surface area contributed by atoms with Gasteiger partial charge in [0.2, 0.25) is 10.0 Å². The van der Waals surface area contributed by atoms with Gasteiger partial charge in [-0.15, -0.1) is 10.2 Å². The molecule has 10 heteroatoms. The average Bonchev–Trinajstić information content (AvgIpc) is 3.01. The number of carbonyl (C=O) groups is 1. The summed E-state index contributed by atoms with van der Waals surface area (Å²) in [5.41, 5.74) is 2.35. The number of rotatable bonds is 5. The van der Waals surface area contributed by atoms with Crippen molar-refractivity contribution in [2.75, 3.05) is 57.4 Å². The number of fused-ring (bicyclic) bond motifs is 1. The summed E-state index contributed by atoms with van der Waals surface area (Å²) >= 11 is 0. The van der Waals surface area contributed by atoms with Crippen LogP contribution in [0.2, 0.25) is 0 Å². The van der Waals surface area contributed by atoms with Gasteiger partial charge in [0.1, 0.15) is 0 Å². The number of aromatic nitrogens is 2. The van der Waals surface area contributed by atoms with Crippen molar-refractivity contribution in [1.82, 2.24) is 19.4 Å². The molecule has 200 valence electrons. The van der Waals surface area contributed by atoms with Crippen LogP contribution >= 0.6 is 0 Å². The standard InChI is InChI=1S/C29H29N5O4S/c35-29(23-8-10-24(11-9-23)39(36,37)34-18-20-38-21-19-34)33-16-14-32(15-17-33)28-13-12-27(30-31-28)26-7-3-5-22-4-1-2-6-25(22)26/h1-13H,14-21H2. The first-order valence-electron chi connectivity index (χ1n) is 13.0. The third-order valence-corrected chi connectivity index (χ3v) is 9.23. The molecule has 0 radical (unpaired) electrons. The number of amides is 1. The number of hydrogen-bond acceptors (Lipinski definition) is 7. The predicted octanol–water partition coefficient (Wildman–Crippen LogP) is 3.28. The molecule has 2 aliphatic rings. The fraction of sp³-hybridized carbons (Fsp3) is 0.276. The van der Waals surface area contributed by atoms with Crippen LogP contribution in [0.1, 0.15) is 10.4 Å². The number of nitrogens with zero attached hydrogens (tertiary/aromatic N) is 5. The number of sulfonamides is 1. The van der Waals surface area contributed by atoms with Gasteiger partial charge < -0.3 is 14.5 Å². The summed E-state index contributed by atoms with van der Waals surface area (Å²) in [6.07, 6.45) is 0. The van der Waals surface area contributed by atoms with Crippen molar-refractivity contribution in [3.8, 4) is 11.3 Å². The van der Waals surface area contributed by atoms with E-state index in [2.05, 4.69) is 39.4 Å². The highest BCUT2D eigenvalue weighted by Crippen LogP contribution is 2.28. The first kappa shape index (κ1) is 25.4. The van der Waals surface area contributed by atoms with Gasteiger partial charge in [-0.1, -0.05) is 42.5 Å². The van der Waals surface area contributed by atoms with Crippen molar-refractivity contribution in [1.29, 1.82) is 0 Å². The van der Waals surface area contributed by atoms with E-state index in [0.29, 0.717) is 58.0 Å². The molecule has 0 bridgehead atoms. The zero-order valence-electron chi connectivity index (χ0n) is 21.4. The Balaban J connectivity index is 1.09. The van der Waals surface area contributed by atoms with Gasteiger partial charge in [-0.25, -0.2) is 8.42 Å². The van der Waals surface area contributed by atoms with Crippen molar-refractivity contribution < 1.29 is 17.9 Å². The first-order valence-corrected chi connectivity index (χ1v) is 14.5. The van der Waals surface area contributed by atoms with E-state index in [9.17, 15) is 13.2 Å². The van der Waals surface area contributed by atoms with E-state index in [0.717, 1.165) is 27.8 Å². The van der Waals surface area contributed by atoms with Crippen molar-refractivity contribution in [3.63, 3.8) is 0 Å². The topological polar surface area (TPSA) is 95.9 Å². The fourth-order valence-corrected chi connectivity index (χ4v) is 6.52. The molecule has 9 nitrogen and oxygen atoms in total. The Bertz CT molecular complexity index is 1570. The molecule has 0 saturated carbocycles. The highest BCUT2D eigenvalue weighted by molar-refractivity contribution is 7.89. The molecular weight excluding hydrogens is 514 g/mol. The van der Waals surface area contributed by atoms with Crippen LogP contribution in [0.25, 0.3) is 22.0 Å². The van der Waals surface area contributed by atoms with Gasteiger partial charge in [0.15, 0.2) is 5.82 Å². The SMILES string of the molecule is O=C(c1ccc(S(=O)(=O)N2CCOCC2)cc1)N1CCN(c2ccc(-c3cccc4ccccc34)nn2)CC1. The molecule has 0 atom stereocenters. The van der Waals surface area contributed by atoms with Crippen LogP contribution < -0.4 is 4.90 Å². The lowest BCUT2D eigenvalue weighted by molar-refractivity contribution is 0.0730. The molecule has 2 aliphatic heterocycles. The highest BCUT2D eigenvalue weighted by atomic mass is 32.2. The molecule has 4 aromatic rings. The first-order chi connectivity index (χ1) is 19.0. The molecule has 0 spiro atoms. The van der Waals surface area contributed by atoms with Crippen LogP contribution in [-0.4, -0.2) is 86.2 Å².